The fraction of sp³-hybridized carbons (Fsp3) is 0.600. The van der Waals surface area contributed by atoms with E-state index >= 15 is 0 Å². The van der Waals surface area contributed by atoms with Gasteiger partial charge in [0.05, 0.1) is 0 Å². The molecule has 2 rings (SSSR count). The van der Waals surface area contributed by atoms with Crippen LogP contribution in [0.5, 0.6) is 0 Å². The summed E-state index contributed by atoms with van der Waals surface area (Å²) >= 11 is 6.21. The topological polar surface area (TPSA) is 41.0 Å². The van der Waals surface area contributed by atoms with Gasteiger partial charge >= 0.3 is 0 Å². The van der Waals surface area contributed by atoms with Gasteiger partial charge in [0.15, 0.2) is 0 Å². The van der Waals surface area contributed by atoms with E-state index in [2.05, 4.69) is 33.7 Å². The van der Waals surface area contributed by atoms with Crippen molar-refractivity contribution < 1.29 is 0 Å². The Bertz CT molecular complexity index is 467. The molecule has 1 aliphatic rings. The Labute approximate surface area is 126 Å². The van der Waals surface area contributed by atoms with Crippen LogP contribution in [0.1, 0.15) is 31.2 Å². The first-order chi connectivity index (χ1) is 9.63. The van der Waals surface area contributed by atoms with Gasteiger partial charge in [0.2, 0.25) is 0 Å². The van der Waals surface area contributed by atoms with Crippen LogP contribution in [0.25, 0.3) is 0 Å². The first-order valence-corrected chi connectivity index (χ1v) is 7.64. The van der Waals surface area contributed by atoms with Crippen molar-refractivity contribution in [1.29, 1.82) is 0 Å². The molecule has 0 atom stereocenters. The molecule has 2 heterocycles. The second kappa shape index (κ2) is 7.04. The molecule has 5 heteroatoms. The summed E-state index contributed by atoms with van der Waals surface area (Å²) in [6.07, 6.45) is 5.06. The van der Waals surface area contributed by atoms with Gasteiger partial charge in [-0.1, -0.05) is 24.6 Å². The number of likely N-dealkylation sites (tertiary alicyclic amines) is 1. The molecule has 4 nitrogen and oxygen atoms in total. The second-order valence-electron chi connectivity index (χ2n) is 5.25. The molecule has 0 saturated carbocycles. The summed E-state index contributed by atoms with van der Waals surface area (Å²) in [7, 11) is 0. The molecule has 1 saturated heterocycles. The van der Waals surface area contributed by atoms with Gasteiger partial charge in [-0.05, 0) is 26.2 Å². The molecular weight excluding hydrogens is 272 g/mol. The number of anilines is 1. The van der Waals surface area contributed by atoms with E-state index < -0.39 is 0 Å². The van der Waals surface area contributed by atoms with E-state index in [1.54, 1.807) is 0 Å². The maximum Gasteiger partial charge on any atom is 0.138 e. The van der Waals surface area contributed by atoms with Gasteiger partial charge in [0.25, 0.3) is 0 Å². The first kappa shape index (κ1) is 15.3. The van der Waals surface area contributed by atoms with E-state index in [9.17, 15) is 0 Å². The third-order valence-electron chi connectivity index (χ3n) is 3.74. The Hall–Kier alpha value is -1.13. The van der Waals surface area contributed by atoms with Crippen molar-refractivity contribution in [2.24, 2.45) is 0 Å². The van der Waals surface area contributed by atoms with Crippen LogP contribution in [0.15, 0.2) is 12.7 Å². The minimum atomic E-state index is 0.465. The summed E-state index contributed by atoms with van der Waals surface area (Å²) in [5.41, 5.74) is 1.02. The highest BCUT2D eigenvalue weighted by molar-refractivity contribution is 6.30. The number of piperidine rings is 1. The predicted octanol–water partition coefficient (Wildman–Crippen LogP) is 3.06. The highest BCUT2D eigenvalue weighted by Crippen LogP contribution is 2.24. The summed E-state index contributed by atoms with van der Waals surface area (Å²) in [5, 5.41) is 4.13. The van der Waals surface area contributed by atoms with Crippen LogP contribution in [0.3, 0.4) is 0 Å². The number of rotatable bonds is 5. The summed E-state index contributed by atoms with van der Waals surface area (Å²) in [4.78, 5) is 11.2. The van der Waals surface area contributed by atoms with Crippen LogP contribution in [-0.2, 0) is 6.42 Å². The van der Waals surface area contributed by atoms with Crippen molar-refractivity contribution in [2.45, 2.75) is 39.2 Å². The summed E-state index contributed by atoms with van der Waals surface area (Å²) in [6, 6.07) is 0.465. The molecule has 0 aliphatic carbocycles. The van der Waals surface area contributed by atoms with Crippen molar-refractivity contribution in [1.82, 2.24) is 14.9 Å². The van der Waals surface area contributed by atoms with Gasteiger partial charge in [-0.25, -0.2) is 9.97 Å². The van der Waals surface area contributed by atoms with Gasteiger partial charge in [0, 0.05) is 31.2 Å². The van der Waals surface area contributed by atoms with E-state index in [0.717, 1.165) is 56.1 Å². The molecule has 0 amide bonds. The lowest BCUT2D eigenvalue weighted by Gasteiger charge is -2.32. The lowest BCUT2D eigenvalue weighted by atomic mass is 10.0. The van der Waals surface area contributed by atoms with Crippen LogP contribution in [0.4, 0.5) is 5.82 Å². The number of aromatic nitrogens is 2. The van der Waals surface area contributed by atoms with E-state index in [1.807, 2.05) is 13.0 Å². The molecule has 1 N–H and O–H groups in total. The maximum atomic E-state index is 6.21. The van der Waals surface area contributed by atoms with Gasteiger partial charge in [0.1, 0.15) is 16.8 Å². The third-order valence-corrected chi connectivity index (χ3v) is 4.05. The van der Waals surface area contributed by atoms with Crippen LogP contribution in [0, 0.1) is 6.92 Å². The van der Waals surface area contributed by atoms with E-state index in [4.69, 9.17) is 11.6 Å². The standard InChI is InChI=1S/C15H23ClN4/c1-4-8-20-9-6-12(7-10-20)19-15-13(5-2)14(16)17-11(3)18-15/h4,12H,1,5-10H2,2-3H3,(H,17,18,19). The Morgan fingerprint density at radius 3 is 2.70 bits per heavy atom. The lowest BCUT2D eigenvalue weighted by Crippen LogP contribution is -2.39. The predicted molar refractivity (Wildman–Crippen MR) is 84.4 cm³/mol. The molecule has 1 aliphatic heterocycles. The fourth-order valence-electron chi connectivity index (χ4n) is 2.63. The normalized spacial score (nSPS) is 17.1. The van der Waals surface area contributed by atoms with Crippen molar-refractivity contribution in [2.75, 3.05) is 25.0 Å². The van der Waals surface area contributed by atoms with Gasteiger partial charge in [-0.2, -0.15) is 0 Å². The lowest BCUT2D eigenvalue weighted by molar-refractivity contribution is 0.240. The number of aryl methyl sites for hydroxylation is 1. The largest absolute Gasteiger partial charge is 0.367 e. The zero-order chi connectivity index (χ0) is 14.5. The van der Waals surface area contributed by atoms with E-state index in [1.165, 1.54) is 0 Å². The van der Waals surface area contributed by atoms with Crippen LogP contribution in [0.2, 0.25) is 5.15 Å². The quantitative estimate of drug-likeness (QED) is 0.669. The Morgan fingerprint density at radius 1 is 1.40 bits per heavy atom. The molecule has 0 spiro atoms. The molecular formula is C15H23ClN4. The molecule has 1 aromatic rings. The third kappa shape index (κ3) is 3.70. The number of nitrogens with zero attached hydrogens (tertiary/aromatic N) is 3. The first-order valence-electron chi connectivity index (χ1n) is 7.26. The van der Waals surface area contributed by atoms with E-state index in [-0.39, 0.29) is 0 Å². The van der Waals surface area contributed by atoms with Crippen molar-refractivity contribution >= 4 is 17.4 Å². The molecule has 0 bridgehead atoms. The fourth-order valence-corrected chi connectivity index (χ4v) is 2.98. The average Bonchev–Trinajstić information content (AvgIpc) is 2.41. The van der Waals surface area contributed by atoms with Crippen molar-refractivity contribution in [3.63, 3.8) is 0 Å². The molecule has 1 aromatic heterocycles. The Kier molecular flexibility index (Phi) is 5.38. The number of halogens is 1. The minimum Gasteiger partial charge on any atom is -0.367 e. The minimum absolute atomic E-state index is 0.465. The van der Waals surface area contributed by atoms with Crippen LogP contribution in [-0.4, -0.2) is 40.5 Å². The summed E-state index contributed by atoms with van der Waals surface area (Å²) < 4.78 is 0. The van der Waals surface area contributed by atoms with Crippen molar-refractivity contribution in [3.8, 4) is 0 Å². The SMILES string of the molecule is C=CCN1CCC(Nc2nc(C)nc(Cl)c2CC)CC1. The monoisotopic (exact) mass is 294 g/mol. The van der Waals surface area contributed by atoms with Gasteiger partial charge < -0.3 is 5.32 Å². The van der Waals surface area contributed by atoms with Crippen LogP contribution < -0.4 is 5.32 Å². The Balaban J connectivity index is 2.02. The number of nitrogens with one attached hydrogen (secondary N) is 1. The zero-order valence-corrected chi connectivity index (χ0v) is 13.1. The molecule has 110 valence electrons. The highest BCUT2D eigenvalue weighted by atomic mass is 35.5. The summed E-state index contributed by atoms with van der Waals surface area (Å²) in [5.74, 6) is 1.63. The van der Waals surface area contributed by atoms with E-state index in [0.29, 0.717) is 11.2 Å². The Morgan fingerprint density at radius 2 is 2.10 bits per heavy atom. The molecule has 0 unspecified atom stereocenters. The van der Waals surface area contributed by atoms with Crippen molar-refractivity contribution in [3.05, 3.63) is 29.2 Å². The number of hydrogen-bond donors (Lipinski definition) is 1. The second-order valence-corrected chi connectivity index (χ2v) is 5.61. The van der Waals surface area contributed by atoms with Gasteiger partial charge in [-0.3, -0.25) is 4.90 Å². The smallest absolute Gasteiger partial charge is 0.138 e. The zero-order valence-electron chi connectivity index (χ0n) is 12.3. The van der Waals surface area contributed by atoms with Crippen LogP contribution >= 0.6 is 11.6 Å². The summed E-state index contributed by atoms with van der Waals surface area (Å²) in [6.45, 7) is 10.9. The molecule has 1 fully saturated rings. The maximum absolute atomic E-state index is 6.21. The molecule has 0 radical (unpaired) electrons. The number of hydrogen-bond acceptors (Lipinski definition) is 4. The molecule has 20 heavy (non-hydrogen) atoms. The average molecular weight is 295 g/mol. The van der Waals surface area contributed by atoms with Gasteiger partial charge in [-0.15, -0.1) is 6.58 Å². The molecule has 0 aromatic carbocycles. The highest BCUT2D eigenvalue weighted by Gasteiger charge is 2.20.